The van der Waals surface area contributed by atoms with Gasteiger partial charge in [-0.2, -0.15) is 0 Å². The highest BCUT2D eigenvalue weighted by molar-refractivity contribution is 5.81. The molecule has 0 saturated heterocycles. The van der Waals surface area contributed by atoms with Gasteiger partial charge in [-0.25, -0.2) is 4.79 Å². The molecule has 1 N–H and O–H groups in total. The highest BCUT2D eigenvalue weighted by Crippen LogP contribution is 1.80. The lowest BCUT2D eigenvalue weighted by atomic mass is 10.4. The SMILES string of the molecule is C.C.C.CCOC(=O)NCC(C)=O.CCOC(C)=O.c1ccccc1.c1ccccc1. The van der Waals surface area contributed by atoms with Crippen molar-refractivity contribution in [3.8, 4) is 0 Å². The first kappa shape index (κ1) is 38.5. The Morgan fingerprint density at radius 1 is 0.613 bits per heavy atom. The quantitative estimate of drug-likeness (QED) is 0.578. The summed E-state index contributed by atoms with van der Waals surface area (Å²) in [5.41, 5.74) is 0. The number of carbonyl (C=O) groups excluding carboxylic acids is 3. The maximum absolute atomic E-state index is 10.5. The van der Waals surface area contributed by atoms with Gasteiger partial charge in [-0.05, 0) is 20.8 Å². The van der Waals surface area contributed by atoms with Crippen molar-refractivity contribution in [1.29, 1.82) is 0 Å². The Morgan fingerprint density at radius 3 is 1.06 bits per heavy atom. The van der Waals surface area contributed by atoms with Crippen molar-refractivity contribution in [2.75, 3.05) is 19.8 Å². The average molecular weight is 438 g/mol. The van der Waals surface area contributed by atoms with Crippen LogP contribution in [0.2, 0.25) is 0 Å². The molecule has 0 aliphatic rings. The molecule has 31 heavy (non-hydrogen) atoms. The molecular formula is C25H43NO5. The fraction of sp³-hybridized carbons (Fsp3) is 0.400. The molecule has 0 bridgehead atoms. The van der Waals surface area contributed by atoms with Crippen LogP contribution in [0.3, 0.4) is 0 Å². The normalized spacial score (nSPS) is 7.35. The Kier molecular flexibility index (Phi) is 39.1. The molecule has 0 spiro atoms. The number of Topliss-reactive ketones (excluding diaryl/α,β-unsaturated/α-hetero) is 1. The number of ketones is 1. The van der Waals surface area contributed by atoms with Crippen LogP contribution >= 0.6 is 0 Å². The average Bonchev–Trinajstić information content (AvgIpc) is 2.71. The van der Waals surface area contributed by atoms with Crippen molar-refractivity contribution in [2.24, 2.45) is 0 Å². The molecule has 0 aliphatic heterocycles. The van der Waals surface area contributed by atoms with Crippen LogP contribution in [0.25, 0.3) is 0 Å². The van der Waals surface area contributed by atoms with E-state index < -0.39 is 6.09 Å². The van der Waals surface area contributed by atoms with Gasteiger partial charge >= 0.3 is 12.1 Å². The fourth-order valence-corrected chi connectivity index (χ4v) is 1.35. The molecule has 178 valence electrons. The minimum atomic E-state index is -0.544. The lowest BCUT2D eigenvalue weighted by Gasteiger charge is -2.00. The van der Waals surface area contributed by atoms with Crippen LogP contribution in [0.1, 0.15) is 50.0 Å². The standard InChI is InChI=1S/C6H11NO3.2C6H6.C4H8O2.3CH4/c1-3-10-6(9)7-4-5(2)8;2*1-2-4-6-5-3-1;1-3-6-4(2)5;;;/h3-4H2,1-2H3,(H,7,9);2*1-6H;3H2,1-2H3;3*1H4. The maximum atomic E-state index is 10.5. The summed E-state index contributed by atoms with van der Waals surface area (Å²) in [5.74, 6) is -0.300. The number of esters is 1. The summed E-state index contributed by atoms with van der Waals surface area (Å²) in [6, 6.07) is 24.0. The molecule has 0 radical (unpaired) electrons. The van der Waals surface area contributed by atoms with Crippen molar-refractivity contribution >= 4 is 17.8 Å². The molecule has 0 aromatic heterocycles. The summed E-state index contributed by atoms with van der Waals surface area (Å²) < 4.78 is 8.89. The predicted octanol–water partition coefficient (Wildman–Crippen LogP) is 6.17. The van der Waals surface area contributed by atoms with Crippen LogP contribution in [0.4, 0.5) is 4.79 Å². The molecule has 0 unspecified atom stereocenters. The Hall–Kier alpha value is -3.15. The third-order valence-electron chi connectivity index (χ3n) is 2.44. The summed E-state index contributed by atoms with van der Waals surface area (Å²) in [7, 11) is 0. The van der Waals surface area contributed by atoms with E-state index in [1.165, 1.54) is 13.8 Å². The van der Waals surface area contributed by atoms with E-state index in [-0.39, 0.29) is 40.6 Å². The molecule has 0 saturated carbocycles. The van der Waals surface area contributed by atoms with Crippen molar-refractivity contribution < 1.29 is 23.9 Å². The summed E-state index contributed by atoms with van der Waals surface area (Å²) in [6.07, 6.45) is -0.544. The maximum Gasteiger partial charge on any atom is 0.407 e. The Morgan fingerprint density at radius 2 is 0.903 bits per heavy atom. The summed E-state index contributed by atoms with van der Waals surface area (Å²) >= 11 is 0. The van der Waals surface area contributed by atoms with Gasteiger partial charge in [-0.3, -0.25) is 9.59 Å². The first-order chi connectivity index (χ1) is 13.4. The van der Waals surface area contributed by atoms with E-state index in [1.54, 1.807) is 13.8 Å². The van der Waals surface area contributed by atoms with Gasteiger partial charge in [-0.15, -0.1) is 0 Å². The molecule has 0 heterocycles. The van der Waals surface area contributed by atoms with E-state index in [9.17, 15) is 14.4 Å². The number of hydrogen-bond donors (Lipinski definition) is 1. The third-order valence-corrected chi connectivity index (χ3v) is 2.44. The number of rotatable bonds is 4. The predicted molar refractivity (Wildman–Crippen MR) is 131 cm³/mol. The molecule has 2 aromatic carbocycles. The van der Waals surface area contributed by atoms with E-state index >= 15 is 0 Å². The van der Waals surface area contributed by atoms with Crippen LogP contribution in [0, 0.1) is 0 Å². The van der Waals surface area contributed by atoms with Crippen molar-refractivity contribution in [3.05, 3.63) is 72.8 Å². The van der Waals surface area contributed by atoms with E-state index in [0.717, 1.165) is 0 Å². The highest BCUT2D eigenvalue weighted by Gasteiger charge is 1.99. The molecule has 2 rings (SSSR count). The molecular weight excluding hydrogens is 394 g/mol. The molecule has 0 fully saturated rings. The van der Waals surface area contributed by atoms with Crippen molar-refractivity contribution in [3.63, 3.8) is 0 Å². The number of hydrogen-bond acceptors (Lipinski definition) is 5. The Balaban J connectivity index is -0.0000000961. The largest absolute Gasteiger partial charge is 0.466 e. The number of alkyl carbamates (subject to hydrolysis) is 1. The van der Waals surface area contributed by atoms with Gasteiger partial charge in [0.2, 0.25) is 0 Å². The molecule has 0 aliphatic carbocycles. The number of ether oxygens (including phenoxy) is 2. The van der Waals surface area contributed by atoms with Crippen molar-refractivity contribution in [2.45, 2.75) is 50.0 Å². The second-order valence-corrected chi connectivity index (χ2v) is 5.01. The fourth-order valence-electron chi connectivity index (χ4n) is 1.35. The zero-order valence-corrected chi connectivity index (χ0v) is 17.1. The monoisotopic (exact) mass is 437 g/mol. The van der Waals surface area contributed by atoms with Crippen molar-refractivity contribution in [1.82, 2.24) is 5.32 Å². The highest BCUT2D eigenvalue weighted by atomic mass is 16.5. The number of amides is 1. The van der Waals surface area contributed by atoms with Crippen LogP contribution in [0.15, 0.2) is 72.8 Å². The number of nitrogens with one attached hydrogen (secondary N) is 1. The molecule has 1 amide bonds. The van der Waals surface area contributed by atoms with E-state index in [0.29, 0.717) is 13.2 Å². The molecule has 6 heteroatoms. The molecule has 2 aromatic rings. The summed E-state index contributed by atoms with van der Waals surface area (Å²) in [4.78, 5) is 30.6. The van der Waals surface area contributed by atoms with E-state index in [4.69, 9.17) is 0 Å². The topological polar surface area (TPSA) is 81.7 Å². The van der Waals surface area contributed by atoms with Gasteiger partial charge in [0.1, 0.15) is 5.78 Å². The zero-order valence-electron chi connectivity index (χ0n) is 17.1. The summed E-state index contributed by atoms with van der Waals surface area (Å²) in [5, 5.41) is 2.27. The lowest BCUT2D eigenvalue weighted by molar-refractivity contribution is -0.140. The Bertz CT molecular complexity index is 519. The number of benzene rings is 2. The second-order valence-electron chi connectivity index (χ2n) is 5.01. The van der Waals surface area contributed by atoms with Crippen LogP contribution in [-0.2, 0) is 19.1 Å². The van der Waals surface area contributed by atoms with Gasteiger partial charge in [-0.1, -0.05) is 95.1 Å². The van der Waals surface area contributed by atoms with Gasteiger partial charge in [0.25, 0.3) is 0 Å². The van der Waals surface area contributed by atoms with Gasteiger partial charge in [0, 0.05) is 6.92 Å². The van der Waals surface area contributed by atoms with Gasteiger partial charge < -0.3 is 14.8 Å². The molecule has 6 nitrogen and oxygen atoms in total. The first-order valence-corrected chi connectivity index (χ1v) is 8.97. The van der Waals surface area contributed by atoms with Gasteiger partial charge in [0.05, 0.1) is 19.8 Å². The zero-order chi connectivity index (χ0) is 21.5. The Labute approximate surface area is 190 Å². The third kappa shape index (κ3) is 42.1. The smallest absolute Gasteiger partial charge is 0.407 e. The minimum Gasteiger partial charge on any atom is -0.466 e. The number of carbonyl (C=O) groups is 3. The minimum absolute atomic E-state index is 0. The lowest BCUT2D eigenvalue weighted by Crippen LogP contribution is -2.28. The van der Waals surface area contributed by atoms with E-state index in [2.05, 4.69) is 14.8 Å². The van der Waals surface area contributed by atoms with Crippen LogP contribution < -0.4 is 5.32 Å². The second kappa shape index (κ2) is 31.5. The first-order valence-electron chi connectivity index (χ1n) is 8.97. The summed E-state index contributed by atoms with van der Waals surface area (Å²) in [6.45, 7) is 7.11. The van der Waals surface area contributed by atoms with Crippen LogP contribution in [-0.4, -0.2) is 37.6 Å². The van der Waals surface area contributed by atoms with Gasteiger partial charge in [0.15, 0.2) is 0 Å². The van der Waals surface area contributed by atoms with E-state index in [1.807, 2.05) is 72.8 Å². The molecule has 0 atom stereocenters. The van der Waals surface area contributed by atoms with Crippen LogP contribution in [0.5, 0.6) is 0 Å².